The van der Waals surface area contributed by atoms with Gasteiger partial charge in [0, 0.05) is 23.0 Å². The molecule has 1 aliphatic carbocycles. The molecule has 5 nitrogen and oxygen atoms in total. The van der Waals surface area contributed by atoms with Crippen LogP contribution < -0.4 is 10.2 Å². The number of carbonyl (C=O) groups excluding carboxylic acids is 3. The molecule has 0 radical (unpaired) electrons. The average Bonchev–Trinajstić information content (AvgIpc) is 3.21. The molecule has 0 atom stereocenters. The van der Waals surface area contributed by atoms with Crippen molar-refractivity contribution in [2.45, 2.75) is 50.4 Å². The van der Waals surface area contributed by atoms with Crippen LogP contribution in [0.1, 0.15) is 50.5 Å². The number of rotatable bonds is 4. The maximum Gasteiger partial charge on any atom is 0.235 e. The monoisotopic (exact) mass is 454 g/mol. The van der Waals surface area contributed by atoms with Gasteiger partial charge in [0.25, 0.3) is 0 Å². The van der Waals surface area contributed by atoms with Gasteiger partial charge in [-0.1, -0.05) is 40.9 Å². The van der Waals surface area contributed by atoms with Gasteiger partial charge in [0.15, 0.2) is 0 Å². The topological polar surface area (TPSA) is 66.5 Å². The fraction of sp³-hybridized carbons (Fsp3) is 0.348. The summed E-state index contributed by atoms with van der Waals surface area (Å²) in [7, 11) is 0. The highest BCUT2D eigenvalue weighted by atomic mass is 79.9. The normalized spacial score (nSPS) is 18.7. The highest BCUT2D eigenvalue weighted by molar-refractivity contribution is 9.10. The lowest BCUT2D eigenvalue weighted by Crippen LogP contribution is -2.40. The van der Waals surface area contributed by atoms with Gasteiger partial charge in [0.05, 0.1) is 11.1 Å². The Bertz CT molecular complexity index is 916. The molecular formula is C23H23BrN2O3. The van der Waals surface area contributed by atoms with Crippen molar-refractivity contribution >= 4 is 45.0 Å². The Morgan fingerprint density at radius 2 is 1.45 bits per heavy atom. The molecule has 2 aliphatic rings. The molecule has 0 spiro atoms. The van der Waals surface area contributed by atoms with Crippen molar-refractivity contribution in [1.29, 1.82) is 0 Å². The van der Waals surface area contributed by atoms with Gasteiger partial charge in [0.2, 0.25) is 17.7 Å². The van der Waals surface area contributed by atoms with Gasteiger partial charge in [-0.05, 0) is 61.2 Å². The molecule has 2 fully saturated rings. The van der Waals surface area contributed by atoms with Crippen LogP contribution in [0.5, 0.6) is 0 Å². The summed E-state index contributed by atoms with van der Waals surface area (Å²) < 4.78 is 0.993. The molecule has 1 N–H and O–H groups in total. The lowest BCUT2D eigenvalue weighted by molar-refractivity contribution is -0.129. The largest absolute Gasteiger partial charge is 0.325 e. The summed E-state index contributed by atoms with van der Waals surface area (Å²) in [6.45, 7) is 0. The van der Waals surface area contributed by atoms with E-state index in [1.165, 1.54) is 4.90 Å². The summed E-state index contributed by atoms with van der Waals surface area (Å²) in [5, 5.41) is 3.05. The van der Waals surface area contributed by atoms with Gasteiger partial charge in [-0.15, -0.1) is 0 Å². The predicted octanol–water partition coefficient (Wildman–Crippen LogP) is 4.94. The highest BCUT2D eigenvalue weighted by Crippen LogP contribution is 2.42. The van der Waals surface area contributed by atoms with Crippen LogP contribution in [0, 0.1) is 0 Å². The Kier molecular flexibility index (Phi) is 5.54. The minimum Gasteiger partial charge on any atom is -0.325 e. The molecule has 0 unspecified atom stereocenters. The predicted molar refractivity (Wildman–Crippen MR) is 116 cm³/mol. The molecule has 150 valence electrons. The van der Waals surface area contributed by atoms with Crippen LogP contribution in [-0.4, -0.2) is 17.7 Å². The number of hydrogen-bond acceptors (Lipinski definition) is 3. The summed E-state index contributed by atoms with van der Waals surface area (Å²) in [5.41, 5.74) is 1.75. The molecule has 1 saturated carbocycles. The number of imide groups is 1. The third-order valence-corrected chi connectivity index (χ3v) is 6.48. The summed E-state index contributed by atoms with van der Waals surface area (Å²) in [6.07, 6.45) is 5.11. The Morgan fingerprint density at radius 3 is 2.03 bits per heavy atom. The van der Waals surface area contributed by atoms with Crippen LogP contribution in [0.3, 0.4) is 0 Å². The first-order valence-corrected chi connectivity index (χ1v) is 10.8. The van der Waals surface area contributed by atoms with E-state index in [0.717, 1.165) is 35.7 Å². The second-order valence-electron chi connectivity index (χ2n) is 7.77. The van der Waals surface area contributed by atoms with Crippen LogP contribution in [0.2, 0.25) is 0 Å². The zero-order valence-corrected chi connectivity index (χ0v) is 17.7. The molecule has 0 aromatic heterocycles. The van der Waals surface area contributed by atoms with Crippen molar-refractivity contribution < 1.29 is 14.4 Å². The number of amides is 3. The van der Waals surface area contributed by atoms with Gasteiger partial charge in [-0.3, -0.25) is 19.3 Å². The van der Waals surface area contributed by atoms with E-state index in [1.807, 2.05) is 24.3 Å². The summed E-state index contributed by atoms with van der Waals surface area (Å²) in [4.78, 5) is 38.7. The van der Waals surface area contributed by atoms with Gasteiger partial charge >= 0.3 is 0 Å². The van der Waals surface area contributed by atoms with Crippen LogP contribution in [0.4, 0.5) is 11.4 Å². The Labute approximate surface area is 178 Å². The number of nitrogens with one attached hydrogen (secondary N) is 1. The molecule has 6 heteroatoms. The van der Waals surface area contributed by atoms with Crippen molar-refractivity contribution in [3.63, 3.8) is 0 Å². The molecule has 3 amide bonds. The molecular weight excluding hydrogens is 432 g/mol. The van der Waals surface area contributed by atoms with E-state index in [0.29, 0.717) is 30.6 Å². The first kappa shape index (κ1) is 19.8. The molecule has 1 aliphatic heterocycles. The number of piperidine rings is 1. The molecule has 2 aromatic rings. The van der Waals surface area contributed by atoms with Gasteiger partial charge in [0.1, 0.15) is 0 Å². The Morgan fingerprint density at radius 1 is 0.862 bits per heavy atom. The number of nitrogens with zero attached hydrogens (tertiary/aromatic N) is 1. The standard InChI is InChI=1S/C23H23BrN2O3/c24-17-8-6-16(7-9-17)23(14-1-2-15-23)22(29)25-18-10-12-19(13-11-18)26-20(27)4-3-5-21(26)28/h6-13H,1-5,14-15H2,(H,25,29). The molecule has 2 aromatic carbocycles. The van der Waals surface area contributed by atoms with Crippen molar-refractivity contribution in [2.24, 2.45) is 0 Å². The highest BCUT2D eigenvalue weighted by Gasteiger charge is 2.42. The number of hydrogen-bond donors (Lipinski definition) is 1. The van der Waals surface area contributed by atoms with Gasteiger partial charge in [-0.25, -0.2) is 0 Å². The van der Waals surface area contributed by atoms with E-state index >= 15 is 0 Å². The van der Waals surface area contributed by atoms with E-state index in [1.54, 1.807) is 24.3 Å². The zero-order chi connectivity index (χ0) is 20.4. The first-order valence-electron chi connectivity index (χ1n) is 10.0. The summed E-state index contributed by atoms with van der Waals surface area (Å²) in [5.74, 6) is -0.341. The molecule has 1 heterocycles. The average molecular weight is 455 g/mol. The van der Waals surface area contributed by atoms with Gasteiger partial charge < -0.3 is 5.32 Å². The SMILES string of the molecule is O=C1CCCC(=O)N1c1ccc(NC(=O)C2(c3ccc(Br)cc3)CCCC2)cc1. The third kappa shape index (κ3) is 3.86. The number of benzene rings is 2. The van der Waals surface area contributed by atoms with Crippen molar-refractivity contribution in [3.05, 3.63) is 58.6 Å². The number of carbonyl (C=O) groups is 3. The van der Waals surface area contributed by atoms with Crippen LogP contribution >= 0.6 is 15.9 Å². The molecule has 1 saturated heterocycles. The maximum atomic E-state index is 13.3. The van der Waals surface area contributed by atoms with Crippen molar-refractivity contribution in [1.82, 2.24) is 0 Å². The second-order valence-corrected chi connectivity index (χ2v) is 8.69. The fourth-order valence-electron chi connectivity index (χ4n) is 4.38. The van der Waals surface area contributed by atoms with Crippen LogP contribution in [-0.2, 0) is 19.8 Å². The fourth-order valence-corrected chi connectivity index (χ4v) is 4.64. The first-order chi connectivity index (χ1) is 14.0. The molecule has 0 bridgehead atoms. The molecule has 4 rings (SSSR count). The quantitative estimate of drug-likeness (QED) is 0.664. The third-order valence-electron chi connectivity index (χ3n) is 5.95. The summed E-state index contributed by atoms with van der Waals surface area (Å²) in [6, 6.07) is 14.9. The lowest BCUT2D eigenvalue weighted by Gasteiger charge is -2.29. The van der Waals surface area contributed by atoms with E-state index < -0.39 is 5.41 Å². The number of anilines is 2. The second kappa shape index (κ2) is 8.11. The van der Waals surface area contributed by atoms with Crippen LogP contribution in [0.25, 0.3) is 0 Å². The zero-order valence-electron chi connectivity index (χ0n) is 16.1. The summed E-state index contributed by atoms with van der Waals surface area (Å²) >= 11 is 3.46. The van der Waals surface area contributed by atoms with E-state index in [9.17, 15) is 14.4 Å². The van der Waals surface area contributed by atoms with Crippen molar-refractivity contribution in [3.8, 4) is 0 Å². The Hall–Kier alpha value is -2.47. The maximum absolute atomic E-state index is 13.3. The van der Waals surface area contributed by atoms with E-state index in [-0.39, 0.29) is 17.7 Å². The molecule has 29 heavy (non-hydrogen) atoms. The van der Waals surface area contributed by atoms with Crippen molar-refractivity contribution in [2.75, 3.05) is 10.2 Å². The van der Waals surface area contributed by atoms with Crippen LogP contribution in [0.15, 0.2) is 53.0 Å². The van der Waals surface area contributed by atoms with E-state index in [4.69, 9.17) is 0 Å². The minimum atomic E-state index is -0.516. The lowest BCUT2D eigenvalue weighted by atomic mass is 9.78. The van der Waals surface area contributed by atoms with E-state index in [2.05, 4.69) is 21.2 Å². The Balaban J connectivity index is 1.53. The van der Waals surface area contributed by atoms with Gasteiger partial charge in [-0.2, -0.15) is 0 Å². The minimum absolute atomic E-state index is 0.00445. The number of halogens is 1. The smallest absolute Gasteiger partial charge is 0.235 e.